The Balaban J connectivity index is 1.68. The lowest BCUT2D eigenvalue weighted by Gasteiger charge is -2.31. The van der Waals surface area contributed by atoms with E-state index >= 15 is 0 Å². The van der Waals surface area contributed by atoms with Crippen LogP contribution >= 0.6 is 0 Å². The minimum atomic E-state index is 0.168. The summed E-state index contributed by atoms with van der Waals surface area (Å²) in [5, 5.41) is 44.0. The molecule has 2 aromatic rings. The smallest absolute Gasteiger partial charge is 0.101 e. The van der Waals surface area contributed by atoms with E-state index in [-0.39, 0.29) is 12.1 Å². The van der Waals surface area contributed by atoms with Crippen molar-refractivity contribution in [3.8, 4) is 24.3 Å². The summed E-state index contributed by atoms with van der Waals surface area (Å²) in [6.45, 7) is 0. The van der Waals surface area contributed by atoms with Crippen LogP contribution in [0.4, 0.5) is 11.4 Å². The summed E-state index contributed by atoms with van der Waals surface area (Å²) in [6, 6.07) is 19.1. The molecule has 2 N–H and O–H groups in total. The molecule has 1 saturated carbocycles. The van der Waals surface area contributed by atoms with E-state index in [4.69, 9.17) is 0 Å². The van der Waals surface area contributed by atoms with Gasteiger partial charge in [0.1, 0.15) is 24.3 Å². The van der Waals surface area contributed by atoms with Gasteiger partial charge in [0, 0.05) is 12.1 Å². The molecule has 0 heterocycles. The summed E-state index contributed by atoms with van der Waals surface area (Å²) in [4.78, 5) is 0. The standard InChI is InChI=1S/C22H18N6/c23-11-15-3-1-4-16(12-24)21(15)27-19-7-9-20(10-8-19)28-22-17(13-25)5-2-6-18(22)14-26/h1-6,19-20,27-28H,7-10H2. The van der Waals surface area contributed by atoms with Gasteiger partial charge >= 0.3 is 0 Å². The zero-order valence-electron chi connectivity index (χ0n) is 15.2. The highest BCUT2D eigenvalue weighted by Gasteiger charge is 2.24. The summed E-state index contributed by atoms with van der Waals surface area (Å²) in [5.41, 5.74) is 3.10. The monoisotopic (exact) mass is 366 g/mol. The van der Waals surface area contributed by atoms with Crippen LogP contribution in [-0.2, 0) is 0 Å². The van der Waals surface area contributed by atoms with Gasteiger partial charge in [-0.1, -0.05) is 12.1 Å². The molecule has 0 amide bonds. The number of benzene rings is 2. The number of hydrogen-bond donors (Lipinski definition) is 2. The minimum absolute atomic E-state index is 0.168. The molecule has 1 aliphatic carbocycles. The van der Waals surface area contributed by atoms with Crippen LogP contribution in [0.3, 0.4) is 0 Å². The highest BCUT2D eigenvalue weighted by atomic mass is 15.0. The van der Waals surface area contributed by atoms with Crippen LogP contribution in [0.25, 0.3) is 0 Å². The molecule has 0 atom stereocenters. The highest BCUT2D eigenvalue weighted by molar-refractivity contribution is 5.68. The quantitative estimate of drug-likeness (QED) is 0.844. The van der Waals surface area contributed by atoms with Gasteiger partial charge in [-0.2, -0.15) is 21.0 Å². The van der Waals surface area contributed by atoms with Crippen molar-refractivity contribution in [2.24, 2.45) is 0 Å². The fraction of sp³-hybridized carbons (Fsp3) is 0.273. The lowest BCUT2D eigenvalue weighted by atomic mass is 9.90. The topological polar surface area (TPSA) is 119 Å². The van der Waals surface area contributed by atoms with Crippen molar-refractivity contribution in [3.05, 3.63) is 58.7 Å². The first-order valence-corrected chi connectivity index (χ1v) is 9.09. The van der Waals surface area contributed by atoms with Crippen molar-refractivity contribution in [1.82, 2.24) is 0 Å². The van der Waals surface area contributed by atoms with E-state index in [0.717, 1.165) is 25.7 Å². The van der Waals surface area contributed by atoms with Crippen molar-refractivity contribution in [2.75, 3.05) is 10.6 Å². The van der Waals surface area contributed by atoms with Gasteiger partial charge in [-0.25, -0.2) is 0 Å². The first kappa shape index (κ1) is 18.8. The number of nitriles is 4. The van der Waals surface area contributed by atoms with E-state index in [1.165, 1.54) is 0 Å². The Hall–Kier alpha value is -4.00. The molecule has 0 radical (unpaired) electrons. The lowest BCUT2D eigenvalue weighted by molar-refractivity contribution is 0.429. The van der Waals surface area contributed by atoms with Crippen LogP contribution in [0.5, 0.6) is 0 Å². The van der Waals surface area contributed by atoms with Gasteiger partial charge in [0.15, 0.2) is 0 Å². The van der Waals surface area contributed by atoms with Crippen LogP contribution in [0, 0.1) is 45.3 Å². The number of nitrogens with zero attached hydrogens (tertiary/aromatic N) is 4. The van der Waals surface area contributed by atoms with E-state index in [1.54, 1.807) is 36.4 Å². The van der Waals surface area contributed by atoms with E-state index in [1.807, 2.05) is 0 Å². The summed E-state index contributed by atoms with van der Waals surface area (Å²) in [7, 11) is 0. The summed E-state index contributed by atoms with van der Waals surface area (Å²) < 4.78 is 0. The van der Waals surface area contributed by atoms with Gasteiger partial charge in [-0.05, 0) is 49.9 Å². The third-order valence-corrected chi connectivity index (χ3v) is 5.03. The number of para-hydroxylation sites is 2. The first-order chi connectivity index (χ1) is 13.7. The average molecular weight is 366 g/mol. The average Bonchev–Trinajstić information content (AvgIpc) is 2.75. The third kappa shape index (κ3) is 3.88. The van der Waals surface area contributed by atoms with Gasteiger partial charge in [-0.3, -0.25) is 0 Å². The number of nitrogens with one attached hydrogen (secondary N) is 2. The summed E-state index contributed by atoms with van der Waals surface area (Å²) in [6.07, 6.45) is 3.44. The fourth-order valence-corrected chi connectivity index (χ4v) is 3.58. The third-order valence-electron chi connectivity index (χ3n) is 5.03. The van der Waals surface area contributed by atoms with Gasteiger partial charge < -0.3 is 10.6 Å². The maximum atomic E-state index is 9.31. The zero-order chi connectivity index (χ0) is 19.9. The minimum Gasteiger partial charge on any atom is -0.380 e. The summed E-state index contributed by atoms with van der Waals surface area (Å²) in [5.74, 6) is 0. The molecule has 0 aliphatic heterocycles. The molecule has 136 valence electrons. The second-order valence-corrected chi connectivity index (χ2v) is 6.74. The number of rotatable bonds is 4. The van der Waals surface area contributed by atoms with Crippen molar-refractivity contribution in [1.29, 1.82) is 21.0 Å². The SMILES string of the molecule is N#Cc1cccc(C#N)c1NC1CCC(Nc2c(C#N)cccc2C#N)CC1. The molecule has 0 unspecified atom stereocenters. The zero-order valence-corrected chi connectivity index (χ0v) is 15.2. The Morgan fingerprint density at radius 1 is 0.571 bits per heavy atom. The second kappa shape index (κ2) is 8.59. The van der Waals surface area contributed by atoms with Crippen LogP contribution in [-0.4, -0.2) is 12.1 Å². The molecular weight excluding hydrogens is 348 g/mol. The molecule has 0 saturated heterocycles. The molecule has 0 spiro atoms. The van der Waals surface area contributed by atoms with Crippen molar-refractivity contribution >= 4 is 11.4 Å². The number of hydrogen-bond acceptors (Lipinski definition) is 6. The molecule has 0 bridgehead atoms. The molecule has 2 aromatic carbocycles. The molecule has 0 aromatic heterocycles. The van der Waals surface area contributed by atoms with Crippen LogP contribution in [0.2, 0.25) is 0 Å². The van der Waals surface area contributed by atoms with Crippen molar-refractivity contribution < 1.29 is 0 Å². The molecule has 1 aliphatic rings. The van der Waals surface area contributed by atoms with Crippen LogP contribution < -0.4 is 10.6 Å². The molecule has 3 rings (SSSR count). The maximum absolute atomic E-state index is 9.31. The molecule has 1 fully saturated rings. The predicted molar refractivity (Wildman–Crippen MR) is 105 cm³/mol. The van der Waals surface area contributed by atoms with E-state index in [0.29, 0.717) is 33.6 Å². The van der Waals surface area contributed by atoms with Crippen LogP contribution in [0.1, 0.15) is 47.9 Å². The lowest BCUT2D eigenvalue weighted by Crippen LogP contribution is -2.33. The Morgan fingerprint density at radius 2 is 0.857 bits per heavy atom. The molecule has 6 heteroatoms. The predicted octanol–water partition coefficient (Wildman–Crippen LogP) is 4.01. The van der Waals surface area contributed by atoms with E-state index in [9.17, 15) is 21.0 Å². The maximum Gasteiger partial charge on any atom is 0.101 e. The first-order valence-electron chi connectivity index (χ1n) is 9.09. The van der Waals surface area contributed by atoms with E-state index in [2.05, 4.69) is 34.9 Å². The van der Waals surface area contributed by atoms with Crippen LogP contribution in [0.15, 0.2) is 36.4 Å². The Kier molecular flexibility index (Phi) is 5.76. The van der Waals surface area contributed by atoms with Crippen molar-refractivity contribution in [2.45, 2.75) is 37.8 Å². The number of anilines is 2. The van der Waals surface area contributed by atoms with Gasteiger partial charge in [0.25, 0.3) is 0 Å². The van der Waals surface area contributed by atoms with Gasteiger partial charge in [-0.15, -0.1) is 0 Å². The second-order valence-electron chi connectivity index (χ2n) is 6.74. The van der Waals surface area contributed by atoms with Gasteiger partial charge in [0.05, 0.1) is 33.6 Å². The molecular formula is C22H18N6. The van der Waals surface area contributed by atoms with E-state index < -0.39 is 0 Å². The Bertz CT molecular complexity index is 887. The highest BCUT2D eigenvalue weighted by Crippen LogP contribution is 2.29. The molecule has 28 heavy (non-hydrogen) atoms. The largest absolute Gasteiger partial charge is 0.380 e. The normalized spacial score (nSPS) is 18.0. The fourth-order valence-electron chi connectivity index (χ4n) is 3.58. The van der Waals surface area contributed by atoms with Crippen molar-refractivity contribution in [3.63, 3.8) is 0 Å². The molecule has 6 nitrogen and oxygen atoms in total. The Morgan fingerprint density at radius 3 is 1.11 bits per heavy atom. The Labute approximate surface area is 164 Å². The van der Waals surface area contributed by atoms with Gasteiger partial charge in [0.2, 0.25) is 0 Å². The summed E-state index contributed by atoms with van der Waals surface area (Å²) >= 11 is 0.